The lowest BCUT2D eigenvalue weighted by Crippen LogP contribution is -1.99. The largest absolute Gasteiger partial charge is 0.497 e. The minimum atomic E-state index is -0.579. The van der Waals surface area contributed by atoms with Crippen molar-refractivity contribution in [3.8, 4) is 5.75 Å². The Morgan fingerprint density at radius 2 is 2.12 bits per heavy atom. The van der Waals surface area contributed by atoms with Gasteiger partial charge >= 0.3 is 0 Å². The molecule has 1 unspecified atom stereocenters. The van der Waals surface area contributed by atoms with Gasteiger partial charge in [-0.1, -0.05) is 17.7 Å². The molecule has 0 aliphatic rings. The summed E-state index contributed by atoms with van der Waals surface area (Å²) in [6, 6.07) is 5.23. The van der Waals surface area contributed by atoms with Crippen LogP contribution in [0.3, 0.4) is 0 Å². The van der Waals surface area contributed by atoms with Crippen molar-refractivity contribution in [3.63, 3.8) is 0 Å². The van der Waals surface area contributed by atoms with E-state index in [0.29, 0.717) is 29.2 Å². The maximum absolute atomic E-state index is 9.88. The van der Waals surface area contributed by atoms with E-state index in [0.717, 1.165) is 6.42 Å². The molecule has 16 heavy (non-hydrogen) atoms. The molecule has 1 aromatic rings. The molecule has 1 rings (SSSR count). The van der Waals surface area contributed by atoms with Gasteiger partial charge in [0.15, 0.2) is 0 Å². The normalized spacial score (nSPS) is 12.5. The molecule has 4 heteroatoms. The fourth-order valence-electron chi connectivity index (χ4n) is 1.51. The number of benzene rings is 1. The van der Waals surface area contributed by atoms with E-state index in [1.165, 1.54) is 0 Å². The van der Waals surface area contributed by atoms with Crippen LogP contribution in [0.4, 0.5) is 0 Å². The summed E-state index contributed by atoms with van der Waals surface area (Å²) in [7, 11) is 1.57. The van der Waals surface area contributed by atoms with Crippen LogP contribution in [0.15, 0.2) is 18.2 Å². The van der Waals surface area contributed by atoms with Crippen LogP contribution in [0.25, 0.3) is 0 Å². The average Bonchev–Trinajstić information content (AvgIpc) is 2.29. The van der Waals surface area contributed by atoms with E-state index in [9.17, 15) is 5.11 Å². The lowest BCUT2D eigenvalue weighted by atomic mass is 10.0. The number of rotatable bonds is 6. The molecular formula is C12H17ClO3. The highest BCUT2D eigenvalue weighted by molar-refractivity contribution is 6.31. The van der Waals surface area contributed by atoms with Gasteiger partial charge in [0.25, 0.3) is 0 Å². The number of aliphatic hydroxyl groups is 2. The van der Waals surface area contributed by atoms with Crippen LogP contribution >= 0.6 is 11.6 Å². The third-order valence-corrected chi connectivity index (χ3v) is 2.78. The molecule has 0 aromatic heterocycles. The predicted octanol–water partition coefficient (Wildman–Crippen LogP) is 2.54. The number of ether oxygens (including phenoxy) is 1. The fraction of sp³-hybridized carbons (Fsp3) is 0.500. The number of hydrogen-bond donors (Lipinski definition) is 2. The van der Waals surface area contributed by atoms with Crippen molar-refractivity contribution in [3.05, 3.63) is 28.8 Å². The molecule has 0 radical (unpaired) electrons. The number of hydrogen-bond acceptors (Lipinski definition) is 3. The van der Waals surface area contributed by atoms with Gasteiger partial charge in [0.2, 0.25) is 0 Å². The first kappa shape index (κ1) is 13.3. The van der Waals surface area contributed by atoms with Crippen LogP contribution in [0.2, 0.25) is 5.02 Å². The second-order valence-corrected chi connectivity index (χ2v) is 4.03. The summed E-state index contributed by atoms with van der Waals surface area (Å²) in [5.41, 5.74) is 0.709. The molecule has 90 valence electrons. The molecule has 0 fully saturated rings. The number of halogens is 1. The molecule has 2 N–H and O–H groups in total. The van der Waals surface area contributed by atoms with E-state index in [-0.39, 0.29) is 6.61 Å². The van der Waals surface area contributed by atoms with E-state index in [1.54, 1.807) is 25.3 Å². The molecular weight excluding hydrogens is 228 g/mol. The van der Waals surface area contributed by atoms with Crippen molar-refractivity contribution in [1.29, 1.82) is 0 Å². The summed E-state index contributed by atoms with van der Waals surface area (Å²) in [6.45, 7) is 0.156. The Bertz CT molecular complexity index is 328. The molecule has 0 aliphatic heterocycles. The molecule has 0 bridgehead atoms. The zero-order valence-electron chi connectivity index (χ0n) is 9.32. The maximum Gasteiger partial charge on any atom is 0.120 e. The topological polar surface area (TPSA) is 49.7 Å². The Balaban J connectivity index is 2.64. The van der Waals surface area contributed by atoms with Gasteiger partial charge in [-0.15, -0.1) is 0 Å². The van der Waals surface area contributed by atoms with Crippen LogP contribution in [0.1, 0.15) is 30.9 Å². The third kappa shape index (κ3) is 3.67. The molecule has 1 aromatic carbocycles. The standard InChI is InChI=1S/C12H17ClO3/c1-16-9-5-6-10(11(13)8-9)12(15)4-2-3-7-14/h5-6,8,12,14-15H,2-4,7H2,1H3. The van der Waals surface area contributed by atoms with E-state index in [2.05, 4.69) is 0 Å². The van der Waals surface area contributed by atoms with Gasteiger partial charge in [0, 0.05) is 6.61 Å². The Morgan fingerprint density at radius 1 is 1.38 bits per heavy atom. The van der Waals surface area contributed by atoms with Gasteiger partial charge in [-0.2, -0.15) is 0 Å². The number of aliphatic hydroxyl groups excluding tert-OH is 2. The summed E-state index contributed by atoms with van der Waals surface area (Å²) in [4.78, 5) is 0. The first-order chi connectivity index (χ1) is 7.69. The van der Waals surface area contributed by atoms with Crippen LogP contribution in [-0.2, 0) is 0 Å². The minimum Gasteiger partial charge on any atom is -0.497 e. The van der Waals surface area contributed by atoms with Crippen LogP contribution in [0.5, 0.6) is 5.75 Å². The quantitative estimate of drug-likeness (QED) is 0.756. The molecule has 1 atom stereocenters. The second-order valence-electron chi connectivity index (χ2n) is 3.62. The highest BCUT2D eigenvalue weighted by atomic mass is 35.5. The summed E-state index contributed by atoms with van der Waals surface area (Å²) in [5.74, 6) is 0.677. The molecule has 0 aliphatic carbocycles. The highest BCUT2D eigenvalue weighted by Gasteiger charge is 2.11. The molecule has 0 saturated carbocycles. The Labute approximate surface area is 101 Å². The van der Waals surface area contributed by atoms with Crippen LogP contribution in [-0.4, -0.2) is 23.9 Å². The van der Waals surface area contributed by atoms with Gasteiger partial charge in [0.05, 0.1) is 18.2 Å². The zero-order chi connectivity index (χ0) is 12.0. The Morgan fingerprint density at radius 3 is 2.69 bits per heavy atom. The van der Waals surface area contributed by atoms with Gasteiger partial charge < -0.3 is 14.9 Å². The van der Waals surface area contributed by atoms with Crippen LogP contribution in [0, 0.1) is 0 Å². The Hall–Kier alpha value is -0.770. The summed E-state index contributed by atoms with van der Waals surface area (Å²) < 4.78 is 5.03. The fourth-order valence-corrected chi connectivity index (χ4v) is 1.81. The third-order valence-electron chi connectivity index (χ3n) is 2.45. The number of methoxy groups -OCH3 is 1. The molecule has 0 saturated heterocycles. The number of unbranched alkanes of at least 4 members (excludes halogenated alkanes) is 1. The smallest absolute Gasteiger partial charge is 0.120 e. The molecule has 0 spiro atoms. The van der Waals surface area contributed by atoms with E-state index < -0.39 is 6.10 Å². The summed E-state index contributed by atoms with van der Waals surface area (Å²) >= 11 is 6.03. The first-order valence-corrected chi connectivity index (χ1v) is 5.69. The second kappa shape index (κ2) is 6.74. The minimum absolute atomic E-state index is 0.156. The molecule has 0 heterocycles. The van der Waals surface area contributed by atoms with Gasteiger partial charge in [-0.25, -0.2) is 0 Å². The lowest BCUT2D eigenvalue weighted by Gasteiger charge is -2.13. The predicted molar refractivity (Wildman–Crippen MR) is 63.9 cm³/mol. The molecule has 3 nitrogen and oxygen atoms in total. The van der Waals surface area contributed by atoms with Gasteiger partial charge in [0.1, 0.15) is 5.75 Å². The maximum atomic E-state index is 9.88. The van der Waals surface area contributed by atoms with E-state index in [4.69, 9.17) is 21.4 Å². The summed E-state index contributed by atoms with van der Waals surface area (Å²) in [6.07, 6.45) is 1.50. The van der Waals surface area contributed by atoms with Crippen molar-refractivity contribution >= 4 is 11.6 Å². The van der Waals surface area contributed by atoms with Gasteiger partial charge in [-0.05, 0) is 37.0 Å². The van der Waals surface area contributed by atoms with E-state index in [1.807, 2.05) is 0 Å². The van der Waals surface area contributed by atoms with Crippen molar-refractivity contribution in [1.82, 2.24) is 0 Å². The van der Waals surface area contributed by atoms with Crippen molar-refractivity contribution in [2.24, 2.45) is 0 Å². The van der Waals surface area contributed by atoms with Crippen molar-refractivity contribution in [2.45, 2.75) is 25.4 Å². The lowest BCUT2D eigenvalue weighted by molar-refractivity contribution is 0.159. The summed E-state index contributed by atoms with van der Waals surface area (Å²) in [5, 5.41) is 19.0. The average molecular weight is 245 g/mol. The zero-order valence-corrected chi connectivity index (χ0v) is 10.1. The van der Waals surface area contributed by atoms with Crippen LogP contribution < -0.4 is 4.74 Å². The van der Waals surface area contributed by atoms with Crippen molar-refractivity contribution < 1.29 is 14.9 Å². The highest BCUT2D eigenvalue weighted by Crippen LogP contribution is 2.29. The SMILES string of the molecule is COc1ccc(C(O)CCCCO)c(Cl)c1. The van der Waals surface area contributed by atoms with Crippen molar-refractivity contribution in [2.75, 3.05) is 13.7 Å². The Kier molecular flexibility index (Phi) is 5.60. The van der Waals surface area contributed by atoms with Gasteiger partial charge in [-0.3, -0.25) is 0 Å². The van der Waals surface area contributed by atoms with E-state index >= 15 is 0 Å². The first-order valence-electron chi connectivity index (χ1n) is 5.31. The molecule has 0 amide bonds. The monoisotopic (exact) mass is 244 g/mol.